The highest BCUT2D eigenvalue weighted by Crippen LogP contribution is 2.36. The Morgan fingerprint density at radius 3 is 1.46 bits per heavy atom. The monoisotopic (exact) mass is 352 g/mol. The van der Waals surface area contributed by atoms with Crippen LogP contribution in [-0.2, 0) is 10.0 Å². The normalized spacial score (nSPS) is 12.4. The maximum absolute atomic E-state index is 6.78. The molecule has 0 spiro atoms. The predicted octanol–water partition coefficient (Wildman–Crippen LogP) is 5.66. The molecule has 0 aliphatic heterocycles. The molecular weight excluding hydrogens is 324 g/mol. The molecule has 0 radical (unpaired) electrons. The summed E-state index contributed by atoms with van der Waals surface area (Å²) in [5.41, 5.74) is 5.11. The molecule has 0 bridgehead atoms. The first-order valence-electron chi connectivity index (χ1n) is 8.48. The minimum atomic E-state index is -1.84. The van der Waals surface area contributed by atoms with E-state index in [9.17, 15) is 0 Å². The smallest absolute Gasteiger partial charge is 0.186 e. The van der Waals surface area contributed by atoms with Gasteiger partial charge in [0.05, 0.1) is 0 Å². The third-order valence-electron chi connectivity index (χ3n) is 3.43. The van der Waals surface area contributed by atoms with Gasteiger partial charge in [-0.15, -0.1) is 5.54 Å². The molecule has 0 amide bonds. The highest BCUT2D eigenvalue weighted by molar-refractivity contribution is 6.83. The van der Waals surface area contributed by atoms with Crippen molar-refractivity contribution < 1.29 is 4.43 Å². The van der Waals surface area contributed by atoms with Crippen LogP contribution < -0.4 is 0 Å². The van der Waals surface area contributed by atoms with Gasteiger partial charge >= 0.3 is 0 Å². The maximum atomic E-state index is 6.78. The summed E-state index contributed by atoms with van der Waals surface area (Å²) in [6, 6.07) is 20.9. The first-order valence-corrected chi connectivity index (χ1v) is 15.4. The van der Waals surface area contributed by atoms with Crippen LogP contribution in [0.25, 0.3) is 0 Å². The summed E-state index contributed by atoms with van der Waals surface area (Å²) >= 11 is 0. The molecule has 0 heterocycles. The summed E-state index contributed by atoms with van der Waals surface area (Å²) in [5, 5.41) is 0. The van der Waals surface area contributed by atoms with Crippen molar-refractivity contribution in [3.63, 3.8) is 0 Å². The van der Waals surface area contributed by atoms with Crippen LogP contribution in [0.1, 0.15) is 11.1 Å². The Balaban J connectivity index is 2.75. The Morgan fingerprint density at radius 2 is 1.12 bits per heavy atom. The zero-order valence-corrected chi connectivity index (χ0v) is 17.7. The zero-order chi connectivity index (χ0) is 17.8. The van der Waals surface area contributed by atoms with E-state index in [1.165, 1.54) is 0 Å². The second-order valence-electron chi connectivity index (χ2n) is 8.13. The molecule has 2 aromatic rings. The predicted molar refractivity (Wildman–Crippen MR) is 109 cm³/mol. The van der Waals surface area contributed by atoms with Gasteiger partial charge in [0.1, 0.15) is 8.07 Å². The van der Waals surface area contributed by atoms with E-state index in [2.05, 4.69) is 99.3 Å². The van der Waals surface area contributed by atoms with Gasteiger partial charge in [0, 0.05) is 0 Å². The average Bonchev–Trinajstić information content (AvgIpc) is 2.51. The van der Waals surface area contributed by atoms with Gasteiger partial charge in [-0.1, -0.05) is 86.2 Å². The summed E-state index contributed by atoms with van der Waals surface area (Å²) in [5.74, 6) is 3.59. The Morgan fingerprint density at radius 1 is 0.708 bits per heavy atom. The standard InChI is InChI=1S/C21H28OSi2/c1-23(2,3)18-17-21(22-24(4,5)6,19-13-9-7-10-14-19)20-15-11-8-12-16-20/h7-16H,1-6H3. The largest absolute Gasteiger partial charge is 0.395 e. The topological polar surface area (TPSA) is 9.23 Å². The second-order valence-corrected chi connectivity index (χ2v) is 17.3. The van der Waals surface area contributed by atoms with Gasteiger partial charge in [0.15, 0.2) is 13.9 Å². The van der Waals surface area contributed by atoms with Crippen molar-refractivity contribution in [1.82, 2.24) is 0 Å². The molecule has 3 heteroatoms. The van der Waals surface area contributed by atoms with Crippen molar-refractivity contribution in [1.29, 1.82) is 0 Å². The van der Waals surface area contributed by atoms with Crippen LogP contribution in [-0.4, -0.2) is 16.4 Å². The molecule has 1 nitrogen and oxygen atoms in total. The fraction of sp³-hybridized carbons (Fsp3) is 0.333. The summed E-state index contributed by atoms with van der Waals surface area (Å²) in [7, 11) is -3.38. The van der Waals surface area contributed by atoms with E-state index in [0.717, 1.165) is 11.1 Å². The summed E-state index contributed by atoms with van der Waals surface area (Å²) in [6.45, 7) is 13.5. The van der Waals surface area contributed by atoms with Crippen LogP contribution >= 0.6 is 0 Å². The summed E-state index contributed by atoms with van der Waals surface area (Å²) in [6.07, 6.45) is 0. The van der Waals surface area contributed by atoms with Crippen LogP contribution in [0.4, 0.5) is 0 Å². The van der Waals surface area contributed by atoms with E-state index in [-0.39, 0.29) is 0 Å². The third kappa shape index (κ3) is 4.94. The molecule has 0 fully saturated rings. The lowest BCUT2D eigenvalue weighted by molar-refractivity contribution is 0.166. The molecule has 0 unspecified atom stereocenters. The molecule has 0 atom stereocenters. The van der Waals surface area contributed by atoms with Gasteiger partial charge in [-0.2, -0.15) is 0 Å². The number of benzene rings is 2. The fourth-order valence-corrected chi connectivity index (χ4v) is 4.29. The van der Waals surface area contributed by atoms with Gasteiger partial charge in [-0.05, 0) is 30.8 Å². The minimum absolute atomic E-state index is 0.687. The Hall–Kier alpha value is -1.61. The van der Waals surface area contributed by atoms with E-state index in [1.807, 2.05) is 12.1 Å². The van der Waals surface area contributed by atoms with Gasteiger partial charge in [-0.3, -0.25) is 0 Å². The van der Waals surface area contributed by atoms with Crippen LogP contribution in [0.2, 0.25) is 39.3 Å². The second kappa shape index (κ2) is 7.10. The lowest BCUT2D eigenvalue weighted by Gasteiger charge is -2.36. The highest BCUT2D eigenvalue weighted by Gasteiger charge is 2.38. The molecule has 0 saturated heterocycles. The van der Waals surface area contributed by atoms with E-state index < -0.39 is 22.0 Å². The van der Waals surface area contributed by atoms with Crippen molar-refractivity contribution in [2.45, 2.75) is 44.9 Å². The SMILES string of the molecule is C[Si](C)(C)C#CC(O[Si](C)(C)C)(c1ccccc1)c1ccccc1. The molecule has 0 aliphatic carbocycles. The van der Waals surface area contributed by atoms with Gasteiger partial charge in [-0.25, -0.2) is 0 Å². The van der Waals surface area contributed by atoms with Gasteiger partial charge in [0.2, 0.25) is 0 Å². The average molecular weight is 353 g/mol. The quantitative estimate of drug-likeness (QED) is 0.509. The fourth-order valence-electron chi connectivity index (χ4n) is 2.53. The molecule has 0 aliphatic rings. The Bertz CT molecular complexity index is 674. The van der Waals surface area contributed by atoms with Crippen molar-refractivity contribution in [2.75, 3.05) is 0 Å². The number of rotatable bonds is 4. The molecular formula is C21H28OSi2. The van der Waals surface area contributed by atoms with Crippen LogP contribution in [0, 0.1) is 11.5 Å². The molecule has 0 saturated carbocycles. The first-order chi connectivity index (χ1) is 11.1. The van der Waals surface area contributed by atoms with Crippen LogP contribution in [0.3, 0.4) is 0 Å². The molecule has 0 N–H and O–H groups in total. The van der Waals surface area contributed by atoms with Crippen molar-refractivity contribution in [3.8, 4) is 11.5 Å². The van der Waals surface area contributed by atoms with E-state index in [0.29, 0.717) is 0 Å². The Labute approximate surface area is 149 Å². The van der Waals surface area contributed by atoms with E-state index in [1.54, 1.807) is 0 Å². The number of hydrogen-bond donors (Lipinski definition) is 0. The molecule has 2 rings (SSSR count). The molecule has 126 valence electrons. The van der Waals surface area contributed by atoms with Crippen molar-refractivity contribution in [3.05, 3.63) is 71.8 Å². The third-order valence-corrected chi connectivity index (χ3v) is 5.23. The van der Waals surface area contributed by atoms with Crippen molar-refractivity contribution in [2.24, 2.45) is 0 Å². The Kier molecular flexibility index (Phi) is 5.54. The van der Waals surface area contributed by atoms with Crippen LogP contribution in [0.15, 0.2) is 60.7 Å². The molecule has 0 aromatic heterocycles. The van der Waals surface area contributed by atoms with Gasteiger partial charge in [0.25, 0.3) is 0 Å². The molecule has 2 aromatic carbocycles. The lowest BCUT2D eigenvalue weighted by Crippen LogP contribution is -2.41. The zero-order valence-electron chi connectivity index (χ0n) is 15.7. The van der Waals surface area contributed by atoms with Gasteiger partial charge < -0.3 is 4.43 Å². The lowest BCUT2D eigenvalue weighted by atomic mass is 9.87. The number of hydrogen-bond acceptors (Lipinski definition) is 1. The minimum Gasteiger partial charge on any atom is -0.395 e. The highest BCUT2D eigenvalue weighted by atomic mass is 28.4. The summed E-state index contributed by atoms with van der Waals surface area (Å²) in [4.78, 5) is 0. The van der Waals surface area contributed by atoms with Crippen LogP contribution in [0.5, 0.6) is 0 Å². The first kappa shape index (κ1) is 18.7. The summed E-state index contributed by atoms with van der Waals surface area (Å²) < 4.78 is 6.78. The van der Waals surface area contributed by atoms with E-state index in [4.69, 9.17) is 4.43 Å². The van der Waals surface area contributed by atoms with Crippen molar-refractivity contribution >= 4 is 16.4 Å². The maximum Gasteiger partial charge on any atom is 0.186 e. The molecule has 24 heavy (non-hydrogen) atoms. The van der Waals surface area contributed by atoms with E-state index >= 15 is 0 Å².